The van der Waals surface area contributed by atoms with Crippen molar-refractivity contribution < 1.29 is 38.5 Å². The van der Waals surface area contributed by atoms with Crippen LogP contribution in [-0.2, 0) is 23.5 Å². The lowest BCUT2D eigenvalue weighted by Gasteiger charge is -2.44. The van der Waals surface area contributed by atoms with Crippen molar-refractivity contribution in [1.82, 2.24) is 4.90 Å². The van der Waals surface area contributed by atoms with Gasteiger partial charge in [0.25, 0.3) is 8.32 Å². The number of hydrogen-bond donors (Lipinski definition) is 2. The van der Waals surface area contributed by atoms with Gasteiger partial charge in [0, 0.05) is 18.9 Å². The van der Waals surface area contributed by atoms with Gasteiger partial charge in [-0.1, -0.05) is 99.5 Å². The lowest BCUT2D eigenvalue weighted by atomic mass is 9.69. The van der Waals surface area contributed by atoms with Crippen LogP contribution in [0.1, 0.15) is 78.2 Å². The molecule has 0 saturated carbocycles. The molecule has 0 bridgehead atoms. The summed E-state index contributed by atoms with van der Waals surface area (Å²) in [7, 11) is -1.38. The molecule has 9 nitrogen and oxygen atoms in total. The van der Waals surface area contributed by atoms with Crippen molar-refractivity contribution in [1.29, 1.82) is 0 Å². The van der Waals surface area contributed by atoms with Crippen molar-refractivity contribution in [3.05, 3.63) is 98.6 Å². The molecule has 6 rings (SSSR count). The second-order valence-electron chi connectivity index (χ2n) is 16.4. The Kier molecular flexibility index (Phi) is 13.3. The van der Waals surface area contributed by atoms with Gasteiger partial charge >= 0.3 is 5.97 Å². The van der Waals surface area contributed by atoms with Gasteiger partial charge < -0.3 is 24.1 Å². The van der Waals surface area contributed by atoms with E-state index in [0.29, 0.717) is 61.2 Å². The molecule has 56 heavy (non-hydrogen) atoms. The fraction of sp³-hybridized carbons (Fsp3) is 0.444. The molecule has 3 aromatic carbocycles. The molecule has 0 spiro atoms. The average Bonchev–Trinajstić information content (AvgIpc) is 3.70. The maximum atomic E-state index is 14.1. The largest absolute Gasteiger partial charge is 0.504 e. The van der Waals surface area contributed by atoms with Crippen molar-refractivity contribution in [3.8, 4) is 11.5 Å². The van der Waals surface area contributed by atoms with E-state index in [4.69, 9.17) is 19.0 Å². The maximum Gasteiger partial charge on any atom is 0.303 e. The quantitative estimate of drug-likeness (QED) is 0.0493. The summed E-state index contributed by atoms with van der Waals surface area (Å²) < 4.78 is 20.2. The smallest absolute Gasteiger partial charge is 0.303 e. The van der Waals surface area contributed by atoms with Gasteiger partial charge in [0.05, 0.1) is 41.8 Å². The number of carbonyl (C=O) groups is 3. The molecule has 0 aromatic heterocycles. The molecule has 298 valence electrons. The van der Waals surface area contributed by atoms with Gasteiger partial charge in [0.1, 0.15) is 0 Å². The van der Waals surface area contributed by atoms with Crippen molar-refractivity contribution in [2.75, 3.05) is 26.9 Å². The van der Waals surface area contributed by atoms with Gasteiger partial charge in [0.2, 0.25) is 11.8 Å². The van der Waals surface area contributed by atoms with Crippen molar-refractivity contribution >= 4 is 65.1 Å². The standard InChI is InChI=1S/C45H54INO8Si/c1-29(23-30-24-36(46)42(50)38(25-30)53-5)20-21-37-40-31(27-55-56(45(2,3)4,32-15-9-6-10-16-32)33-17-11-7-12-18-33)26-34-41(35(40)28-54-37)44(52)47(43(34)51)22-14-8-13-19-39(48)49/h6-7,9-12,15-18,23-25,34-35,37,41,50H,8,13-14,19-22,26-28H2,1-5H3,(H,48,49)/b29-23+/t34-,35+,37-,41-/m1/s1. The van der Waals surface area contributed by atoms with E-state index in [-0.39, 0.29) is 41.0 Å². The van der Waals surface area contributed by atoms with E-state index in [0.717, 1.165) is 28.7 Å². The number of aliphatic carboxylic acids is 1. The van der Waals surface area contributed by atoms with Crippen molar-refractivity contribution in [2.45, 2.75) is 83.8 Å². The number of unbranched alkanes of at least 4 members (excludes halogenated alkanes) is 2. The van der Waals surface area contributed by atoms with Gasteiger partial charge in [-0.2, -0.15) is 0 Å². The monoisotopic (exact) mass is 891 g/mol. The van der Waals surface area contributed by atoms with Crippen molar-refractivity contribution in [2.24, 2.45) is 17.8 Å². The first-order valence-corrected chi connectivity index (χ1v) is 22.6. The van der Waals surface area contributed by atoms with E-state index in [1.807, 2.05) is 24.3 Å². The zero-order valence-electron chi connectivity index (χ0n) is 33.1. The number of methoxy groups -OCH3 is 1. The maximum absolute atomic E-state index is 14.1. The van der Waals surface area contributed by atoms with Gasteiger partial charge in [-0.3, -0.25) is 19.3 Å². The molecule has 11 heteroatoms. The third kappa shape index (κ3) is 8.56. The Labute approximate surface area is 345 Å². The average molecular weight is 892 g/mol. The first-order valence-electron chi connectivity index (χ1n) is 19.7. The molecule has 0 unspecified atom stereocenters. The number of nitrogens with zero attached hydrogens (tertiary/aromatic N) is 1. The molecular formula is C45H54INO8Si. The number of hydrogen-bond acceptors (Lipinski definition) is 7. The summed E-state index contributed by atoms with van der Waals surface area (Å²) in [5, 5.41) is 21.5. The Morgan fingerprint density at radius 3 is 2.23 bits per heavy atom. The highest BCUT2D eigenvalue weighted by Gasteiger charge is 2.57. The number of ether oxygens (including phenoxy) is 2. The molecule has 0 radical (unpaired) electrons. The van der Waals surface area contributed by atoms with Crippen LogP contribution >= 0.6 is 22.6 Å². The highest BCUT2D eigenvalue weighted by atomic mass is 127. The second-order valence-corrected chi connectivity index (χ2v) is 21.9. The summed E-state index contributed by atoms with van der Waals surface area (Å²) in [6.07, 6.45) is 5.56. The zero-order valence-corrected chi connectivity index (χ0v) is 36.2. The molecule has 2 fully saturated rings. The molecule has 2 aliphatic heterocycles. The Bertz CT molecular complexity index is 1940. The number of rotatable bonds is 16. The van der Waals surface area contributed by atoms with Crippen molar-refractivity contribution in [3.63, 3.8) is 0 Å². The number of phenols is 1. The minimum absolute atomic E-state index is 0.0764. The summed E-state index contributed by atoms with van der Waals surface area (Å²) in [5.74, 6) is -1.75. The minimum Gasteiger partial charge on any atom is -0.504 e. The van der Waals surface area contributed by atoms with E-state index in [9.17, 15) is 19.5 Å². The number of halogens is 1. The molecule has 2 amide bonds. The Balaban J connectivity index is 1.33. The normalized spacial score (nSPS) is 21.4. The lowest BCUT2D eigenvalue weighted by molar-refractivity contribution is -0.141. The summed E-state index contributed by atoms with van der Waals surface area (Å²) in [6.45, 7) is 9.85. The van der Waals surface area contributed by atoms with E-state index >= 15 is 0 Å². The molecule has 2 saturated heterocycles. The third-order valence-corrected chi connectivity index (χ3v) is 17.5. The summed E-state index contributed by atoms with van der Waals surface area (Å²) in [5.41, 5.74) is 4.25. The molecule has 3 aliphatic rings. The van der Waals surface area contributed by atoms with Gasteiger partial charge in [-0.05, 0) is 106 Å². The molecule has 2 heterocycles. The Hall–Kier alpha value is -3.78. The topological polar surface area (TPSA) is 123 Å². The number of carboxylic acid groups (broad SMARTS) is 1. The molecule has 4 atom stereocenters. The number of aromatic hydroxyl groups is 1. The van der Waals surface area contributed by atoms with Crippen LogP contribution in [-0.4, -0.2) is 74.2 Å². The zero-order chi connectivity index (χ0) is 40.2. The Morgan fingerprint density at radius 2 is 1.62 bits per heavy atom. The predicted molar refractivity (Wildman–Crippen MR) is 229 cm³/mol. The number of amides is 2. The van der Waals surface area contributed by atoms with Gasteiger partial charge in [0.15, 0.2) is 11.5 Å². The van der Waals surface area contributed by atoms with Crippen LogP contribution < -0.4 is 15.1 Å². The summed E-state index contributed by atoms with van der Waals surface area (Å²) in [4.78, 5) is 40.7. The number of benzene rings is 3. The summed E-state index contributed by atoms with van der Waals surface area (Å²) >= 11 is 2.10. The van der Waals surface area contributed by atoms with Crippen LogP contribution in [0.3, 0.4) is 0 Å². The molecular weight excluding hydrogens is 837 g/mol. The molecule has 1 aliphatic carbocycles. The fourth-order valence-electron chi connectivity index (χ4n) is 9.12. The number of imide groups is 1. The van der Waals surface area contributed by atoms with Gasteiger partial charge in [-0.25, -0.2) is 0 Å². The number of carbonyl (C=O) groups excluding carboxylic acids is 2. The number of allylic oxidation sites excluding steroid dienone is 1. The highest BCUT2D eigenvalue weighted by Crippen LogP contribution is 2.50. The third-order valence-electron chi connectivity index (χ3n) is 11.7. The minimum atomic E-state index is -2.92. The van der Waals surface area contributed by atoms with Gasteiger partial charge in [-0.15, -0.1) is 0 Å². The number of phenolic OH excluding ortho intramolecular Hbond substituents is 1. The van der Waals surface area contributed by atoms with E-state index < -0.39 is 26.1 Å². The van der Waals surface area contributed by atoms with Crippen LogP contribution in [0.2, 0.25) is 5.04 Å². The number of carboxylic acids is 1. The van der Waals surface area contributed by atoms with Crippen LogP contribution in [0.25, 0.3) is 6.08 Å². The fourth-order valence-corrected chi connectivity index (χ4v) is 14.3. The summed E-state index contributed by atoms with van der Waals surface area (Å²) in [6, 6.07) is 24.8. The number of likely N-dealkylation sites (tertiary alicyclic amines) is 1. The SMILES string of the molecule is COc1cc(/C=C(\C)CC[C@H]2OC[C@H]3C2=C(CO[Si](c2ccccc2)(c2ccccc2)C(C)(C)C)C[C@H]2C(=O)N(CCCCCC(=O)O)C(=O)[C@H]23)cc(I)c1O. The predicted octanol–water partition coefficient (Wildman–Crippen LogP) is 7.73. The number of fused-ring (bicyclic) bond motifs is 3. The Morgan fingerprint density at radius 1 is 0.964 bits per heavy atom. The molecule has 3 aromatic rings. The first-order chi connectivity index (χ1) is 26.8. The first kappa shape index (κ1) is 41.8. The molecule has 2 N–H and O–H groups in total. The van der Waals surface area contributed by atoms with Crippen LogP contribution in [0.5, 0.6) is 11.5 Å². The second kappa shape index (κ2) is 17.8. The lowest BCUT2D eigenvalue weighted by Crippen LogP contribution is -2.66. The van der Waals surface area contributed by atoms with Crippen LogP contribution in [0.4, 0.5) is 0 Å². The van der Waals surface area contributed by atoms with E-state index in [1.54, 1.807) is 7.11 Å². The van der Waals surface area contributed by atoms with E-state index in [2.05, 4.69) is 105 Å². The van der Waals surface area contributed by atoms with Crippen LogP contribution in [0.15, 0.2) is 89.5 Å². The van der Waals surface area contributed by atoms with Crippen LogP contribution in [0, 0.1) is 21.3 Å². The highest BCUT2D eigenvalue weighted by molar-refractivity contribution is 14.1. The van der Waals surface area contributed by atoms with E-state index in [1.165, 1.54) is 15.3 Å².